The van der Waals surface area contributed by atoms with Crippen molar-refractivity contribution in [3.63, 3.8) is 0 Å². The Morgan fingerprint density at radius 2 is 1.62 bits per heavy atom. The third-order valence-corrected chi connectivity index (χ3v) is 5.77. The molecule has 4 heterocycles. The van der Waals surface area contributed by atoms with E-state index in [1.54, 1.807) is 29.7 Å². The average Bonchev–Trinajstić information content (AvgIpc) is 3.30. The summed E-state index contributed by atoms with van der Waals surface area (Å²) in [6, 6.07) is 9.80. The van der Waals surface area contributed by atoms with Crippen LogP contribution in [0.25, 0.3) is 32.0 Å². The molecule has 0 bridgehead atoms. The molecule has 0 amide bonds. The van der Waals surface area contributed by atoms with Gasteiger partial charge in [-0.25, -0.2) is 9.78 Å². The Balaban J connectivity index is 2.22. The van der Waals surface area contributed by atoms with Crippen LogP contribution in [0.4, 0.5) is 0 Å². The molecular formula is C17H13N3O2S2. The van der Waals surface area contributed by atoms with Crippen LogP contribution in [0, 0.1) is 0 Å². The fourth-order valence-corrected chi connectivity index (χ4v) is 4.17. The fraction of sp³-hybridized carbons (Fsp3) is 0.118. The lowest BCUT2D eigenvalue weighted by molar-refractivity contribution is 0.708. The molecule has 0 radical (unpaired) electrons. The van der Waals surface area contributed by atoms with Crippen molar-refractivity contribution in [2.75, 3.05) is 0 Å². The number of rotatable bonds is 2. The summed E-state index contributed by atoms with van der Waals surface area (Å²) in [6.45, 7) is 0. The minimum absolute atomic E-state index is 0.318. The Hall–Kier alpha value is -2.51. The zero-order chi connectivity index (χ0) is 16.8. The number of aromatic nitrogens is 3. The second-order valence-corrected chi connectivity index (χ2v) is 7.31. The smallest absolute Gasteiger partial charge is 0.280 e. The number of pyridine rings is 1. The summed E-state index contributed by atoms with van der Waals surface area (Å²) in [5.41, 5.74) is 1.30. The molecule has 4 aromatic heterocycles. The summed E-state index contributed by atoms with van der Waals surface area (Å²) in [5, 5.41) is 4.43. The van der Waals surface area contributed by atoms with E-state index in [1.165, 1.54) is 11.6 Å². The van der Waals surface area contributed by atoms with E-state index in [-0.39, 0.29) is 11.2 Å². The van der Waals surface area contributed by atoms with E-state index in [1.807, 2.05) is 41.1 Å². The van der Waals surface area contributed by atoms with Gasteiger partial charge in [0.1, 0.15) is 0 Å². The highest BCUT2D eigenvalue weighted by atomic mass is 32.1. The molecule has 5 nitrogen and oxygen atoms in total. The topological polar surface area (TPSA) is 56.9 Å². The van der Waals surface area contributed by atoms with Crippen LogP contribution in [-0.4, -0.2) is 14.1 Å². The maximum absolute atomic E-state index is 12.7. The van der Waals surface area contributed by atoms with Crippen molar-refractivity contribution in [3.8, 4) is 21.0 Å². The van der Waals surface area contributed by atoms with E-state index in [9.17, 15) is 9.59 Å². The molecule has 0 aromatic carbocycles. The number of nitrogens with zero attached hydrogens (tertiary/aromatic N) is 3. The van der Waals surface area contributed by atoms with Crippen molar-refractivity contribution in [3.05, 3.63) is 61.9 Å². The van der Waals surface area contributed by atoms with E-state index < -0.39 is 0 Å². The minimum atomic E-state index is -0.375. The van der Waals surface area contributed by atoms with Gasteiger partial charge in [-0.05, 0) is 29.0 Å². The summed E-state index contributed by atoms with van der Waals surface area (Å²) in [7, 11) is 3.14. The molecule has 0 fully saturated rings. The molecule has 0 atom stereocenters. The molecule has 0 spiro atoms. The molecular weight excluding hydrogens is 342 g/mol. The minimum Gasteiger partial charge on any atom is -0.280 e. The monoisotopic (exact) mass is 355 g/mol. The summed E-state index contributed by atoms with van der Waals surface area (Å²) in [6.07, 6.45) is 0. The lowest BCUT2D eigenvalue weighted by atomic mass is 10.1. The lowest BCUT2D eigenvalue weighted by Gasteiger charge is -2.11. The summed E-state index contributed by atoms with van der Waals surface area (Å²) in [4.78, 5) is 31.6. The highest BCUT2D eigenvalue weighted by molar-refractivity contribution is 7.14. The van der Waals surface area contributed by atoms with Gasteiger partial charge in [-0.3, -0.25) is 13.9 Å². The molecule has 120 valence electrons. The van der Waals surface area contributed by atoms with Crippen molar-refractivity contribution >= 4 is 33.7 Å². The number of fused-ring (bicyclic) bond motifs is 1. The Morgan fingerprint density at radius 1 is 0.958 bits per heavy atom. The van der Waals surface area contributed by atoms with Crippen LogP contribution >= 0.6 is 22.7 Å². The predicted octanol–water partition coefficient (Wildman–Crippen LogP) is 3.09. The van der Waals surface area contributed by atoms with Crippen molar-refractivity contribution in [1.29, 1.82) is 0 Å². The lowest BCUT2D eigenvalue weighted by Crippen LogP contribution is -2.37. The number of hydrogen-bond acceptors (Lipinski definition) is 5. The van der Waals surface area contributed by atoms with Gasteiger partial charge in [0, 0.05) is 24.5 Å². The largest absolute Gasteiger partial charge is 0.332 e. The first-order chi connectivity index (χ1) is 11.6. The van der Waals surface area contributed by atoms with Gasteiger partial charge < -0.3 is 0 Å². The quantitative estimate of drug-likeness (QED) is 0.555. The number of thiophene rings is 2. The second-order valence-electron chi connectivity index (χ2n) is 5.41. The van der Waals surface area contributed by atoms with Crippen molar-refractivity contribution in [2.24, 2.45) is 14.1 Å². The highest BCUT2D eigenvalue weighted by Crippen LogP contribution is 2.33. The van der Waals surface area contributed by atoms with Crippen LogP contribution in [0.15, 0.2) is 50.7 Å². The van der Waals surface area contributed by atoms with Crippen LogP contribution in [0.1, 0.15) is 0 Å². The Kier molecular flexibility index (Phi) is 3.47. The van der Waals surface area contributed by atoms with Crippen LogP contribution < -0.4 is 11.2 Å². The third kappa shape index (κ3) is 2.16. The normalized spacial score (nSPS) is 11.2. The fourth-order valence-electron chi connectivity index (χ4n) is 2.73. The van der Waals surface area contributed by atoms with E-state index in [4.69, 9.17) is 0 Å². The van der Waals surface area contributed by atoms with Gasteiger partial charge in [0.05, 0.1) is 16.0 Å². The molecule has 0 unspecified atom stereocenters. The molecule has 0 saturated carbocycles. The Bertz CT molecular complexity index is 1150. The number of hydrogen-bond donors (Lipinski definition) is 0. The summed E-state index contributed by atoms with van der Waals surface area (Å²) >= 11 is 3.14. The van der Waals surface area contributed by atoms with Crippen LogP contribution in [0.2, 0.25) is 0 Å². The third-order valence-electron chi connectivity index (χ3n) is 3.97. The molecule has 4 aromatic rings. The van der Waals surface area contributed by atoms with Crippen LogP contribution in [0.5, 0.6) is 0 Å². The van der Waals surface area contributed by atoms with E-state index in [0.717, 1.165) is 25.6 Å². The van der Waals surface area contributed by atoms with Crippen molar-refractivity contribution in [2.45, 2.75) is 0 Å². The van der Waals surface area contributed by atoms with Crippen LogP contribution in [-0.2, 0) is 14.1 Å². The zero-order valence-electron chi connectivity index (χ0n) is 13.0. The predicted molar refractivity (Wildman–Crippen MR) is 98.9 cm³/mol. The molecule has 0 saturated heterocycles. The molecule has 4 rings (SSSR count). The average molecular weight is 355 g/mol. The van der Waals surface area contributed by atoms with Crippen molar-refractivity contribution in [1.82, 2.24) is 14.1 Å². The molecule has 0 aliphatic rings. The van der Waals surface area contributed by atoms with E-state index in [2.05, 4.69) is 4.98 Å². The summed E-state index contributed by atoms with van der Waals surface area (Å²) in [5.74, 6) is 0. The van der Waals surface area contributed by atoms with Gasteiger partial charge in [0.2, 0.25) is 0 Å². The maximum atomic E-state index is 12.7. The van der Waals surface area contributed by atoms with E-state index >= 15 is 0 Å². The van der Waals surface area contributed by atoms with Gasteiger partial charge >= 0.3 is 5.69 Å². The maximum Gasteiger partial charge on any atom is 0.332 e. The standard InChI is InChI=1S/C17H13N3O2S2/c1-19-15-14(16(21)20(2)17(19)22)10(12-5-3-7-23-12)9-11(18-15)13-6-4-8-24-13/h3-9H,1-2H3. The molecule has 0 aliphatic heterocycles. The first kappa shape index (κ1) is 15.0. The van der Waals surface area contributed by atoms with E-state index in [0.29, 0.717) is 11.0 Å². The Labute approximate surface area is 145 Å². The van der Waals surface area contributed by atoms with Gasteiger partial charge in [-0.15, -0.1) is 22.7 Å². The summed E-state index contributed by atoms with van der Waals surface area (Å²) < 4.78 is 2.57. The first-order valence-electron chi connectivity index (χ1n) is 7.26. The highest BCUT2D eigenvalue weighted by Gasteiger charge is 2.18. The molecule has 0 aliphatic carbocycles. The molecule has 7 heteroatoms. The van der Waals surface area contributed by atoms with Crippen LogP contribution in [0.3, 0.4) is 0 Å². The van der Waals surface area contributed by atoms with Gasteiger partial charge in [-0.1, -0.05) is 12.1 Å². The second kappa shape index (κ2) is 5.54. The zero-order valence-corrected chi connectivity index (χ0v) is 14.6. The Morgan fingerprint density at radius 3 is 2.25 bits per heavy atom. The first-order valence-corrected chi connectivity index (χ1v) is 9.02. The SMILES string of the molecule is Cn1c(=O)c2c(-c3cccs3)cc(-c3cccs3)nc2n(C)c1=O. The number of aryl methyl sites for hydroxylation is 1. The van der Waals surface area contributed by atoms with Gasteiger partial charge in [-0.2, -0.15) is 0 Å². The van der Waals surface area contributed by atoms with Crippen molar-refractivity contribution < 1.29 is 0 Å². The molecule has 0 N–H and O–H groups in total. The van der Waals surface area contributed by atoms with Gasteiger partial charge in [0.25, 0.3) is 5.56 Å². The molecule has 24 heavy (non-hydrogen) atoms. The van der Waals surface area contributed by atoms with Gasteiger partial charge in [0.15, 0.2) is 5.65 Å².